The normalized spacial score (nSPS) is 13.9. The van der Waals surface area contributed by atoms with E-state index in [-0.39, 0.29) is 5.92 Å². The summed E-state index contributed by atoms with van der Waals surface area (Å²) in [5.74, 6) is 0.153. The average Bonchev–Trinajstić information content (AvgIpc) is 3.32. The van der Waals surface area contributed by atoms with Crippen LogP contribution in [-0.2, 0) is 27.1 Å². The first-order chi connectivity index (χ1) is 16.7. The molecule has 0 fully saturated rings. The predicted molar refractivity (Wildman–Crippen MR) is 133 cm³/mol. The third-order valence-corrected chi connectivity index (χ3v) is 5.43. The number of nitrogens with one attached hydrogen (secondary N) is 2. The second-order valence-electron chi connectivity index (χ2n) is 9.58. The lowest BCUT2D eigenvalue weighted by Gasteiger charge is -2.31. The number of benzene rings is 2. The second-order valence-corrected chi connectivity index (χ2v) is 9.58. The average molecular weight is 479 g/mol. The highest BCUT2D eigenvalue weighted by Crippen LogP contribution is 2.27. The lowest BCUT2D eigenvalue weighted by molar-refractivity contribution is -0.148. The van der Waals surface area contributed by atoms with E-state index in [4.69, 9.17) is 9.47 Å². The Hall–Kier alpha value is -3.68. The zero-order chi connectivity index (χ0) is 25.3. The van der Waals surface area contributed by atoms with Crippen LogP contribution in [0.2, 0.25) is 0 Å². The molecule has 2 N–H and O–H groups in total. The molecule has 1 amide bonds. The van der Waals surface area contributed by atoms with E-state index in [1.165, 1.54) is 13.3 Å². The lowest BCUT2D eigenvalue weighted by Crippen LogP contribution is -2.48. The molecule has 3 rings (SSSR count). The van der Waals surface area contributed by atoms with Crippen LogP contribution in [0.25, 0.3) is 0 Å². The van der Waals surface area contributed by atoms with Gasteiger partial charge in [-0.3, -0.25) is 9.89 Å². The molecular formula is C27H34N4O4. The van der Waals surface area contributed by atoms with Crippen molar-refractivity contribution in [2.45, 2.75) is 70.6 Å². The van der Waals surface area contributed by atoms with Crippen LogP contribution in [0.15, 0.2) is 67.0 Å². The van der Waals surface area contributed by atoms with Gasteiger partial charge < -0.3 is 14.8 Å². The first-order valence-electron chi connectivity index (χ1n) is 11.8. The van der Waals surface area contributed by atoms with Gasteiger partial charge in [0.05, 0.1) is 6.04 Å². The number of amides is 1. The summed E-state index contributed by atoms with van der Waals surface area (Å²) in [6, 6.07) is 19.3. The second kappa shape index (κ2) is 12.1. The fourth-order valence-corrected chi connectivity index (χ4v) is 3.99. The van der Waals surface area contributed by atoms with Crippen molar-refractivity contribution in [1.82, 2.24) is 20.5 Å². The molecule has 1 aromatic heterocycles. The Morgan fingerprint density at radius 1 is 0.971 bits per heavy atom. The predicted octanol–water partition coefficient (Wildman–Crippen LogP) is 4.59. The zero-order valence-corrected chi connectivity index (χ0v) is 20.7. The molecule has 2 aromatic carbocycles. The minimum atomic E-state index is -0.659. The van der Waals surface area contributed by atoms with Gasteiger partial charge in [0, 0.05) is 12.8 Å². The third kappa shape index (κ3) is 8.88. The van der Waals surface area contributed by atoms with Crippen LogP contribution < -0.4 is 5.32 Å². The quantitative estimate of drug-likeness (QED) is 0.413. The fourth-order valence-electron chi connectivity index (χ4n) is 3.99. The molecule has 0 aliphatic heterocycles. The maximum atomic E-state index is 12.8. The van der Waals surface area contributed by atoms with Crippen LogP contribution in [0.4, 0.5) is 4.79 Å². The monoisotopic (exact) mass is 478 g/mol. The number of aromatic amines is 1. The van der Waals surface area contributed by atoms with Crippen LogP contribution in [0, 0.1) is 0 Å². The third-order valence-electron chi connectivity index (χ3n) is 5.43. The Morgan fingerprint density at radius 3 is 2.09 bits per heavy atom. The Balaban J connectivity index is 1.90. The summed E-state index contributed by atoms with van der Waals surface area (Å²) < 4.78 is 11.3. The van der Waals surface area contributed by atoms with Crippen molar-refractivity contribution in [2.24, 2.45) is 0 Å². The molecule has 1 heterocycles. The van der Waals surface area contributed by atoms with Gasteiger partial charge in [-0.2, -0.15) is 5.10 Å². The number of H-pyrrole nitrogens is 1. The minimum Gasteiger partial charge on any atom is -0.460 e. The van der Waals surface area contributed by atoms with E-state index in [0.29, 0.717) is 25.1 Å². The van der Waals surface area contributed by atoms with Crippen molar-refractivity contribution in [1.29, 1.82) is 0 Å². The van der Waals surface area contributed by atoms with Crippen LogP contribution >= 0.6 is 0 Å². The van der Waals surface area contributed by atoms with Crippen molar-refractivity contribution in [2.75, 3.05) is 0 Å². The number of carbonyl (C=O) groups excluding carboxylic acids is 2. The number of hydrogen-bond donors (Lipinski definition) is 2. The van der Waals surface area contributed by atoms with Gasteiger partial charge in [-0.1, -0.05) is 60.7 Å². The Kier molecular flexibility index (Phi) is 9.00. The molecule has 0 aliphatic rings. The smallest absolute Gasteiger partial charge is 0.408 e. The highest BCUT2D eigenvalue weighted by atomic mass is 16.6. The van der Waals surface area contributed by atoms with Crippen LogP contribution in [0.5, 0.6) is 0 Å². The topological polar surface area (TPSA) is 106 Å². The molecule has 0 spiro atoms. The molecule has 8 heteroatoms. The number of rotatable bonds is 10. The highest BCUT2D eigenvalue weighted by molar-refractivity contribution is 5.69. The summed E-state index contributed by atoms with van der Waals surface area (Å²) in [5.41, 5.74) is 1.47. The molecule has 0 saturated carbocycles. The maximum absolute atomic E-state index is 12.8. The number of nitrogens with zero attached hydrogens (tertiary/aromatic N) is 2. The number of aromatic nitrogens is 3. The molecule has 3 atom stereocenters. The van der Waals surface area contributed by atoms with E-state index < -0.39 is 29.8 Å². The van der Waals surface area contributed by atoms with Gasteiger partial charge in [0.1, 0.15) is 23.9 Å². The van der Waals surface area contributed by atoms with Crippen molar-refractivity contribution < 1.29 is 19.1 Å². The summed E-state index contributed by atoms with van der Waals surface area (Å²) in [4.78, 5) is 29.3. The van der Waals surface area contributed by atoms with E-state index in [9.17, 15) is 9.59 Å². The first-order valence-corrected chi connectivity index (χ1v) is 11.8. The van der Waals surface area contributed by atoms with Crippen molar-refractivity contribution >= 4 is 12.1 Å². The number of carbonyl (C=O) groups is 2. The Morgan fingerprint density at radius 2 is 1.57 bits per heavy atom. The summed E-state index contributed by atoms with van der Waals surface area (Å²) in [6.45, 7) is 6.80. The summed E-state index contributed by atoms with van der Waals surface area (Å²) in [6.07, 6.45) is 1.84. The lowest BCUT2D eigenvalue weighted by atomic mass is 9.88. The summed E-state index contributed by atoms with van der Waals surface area (Å²) >= 11 is 0. The van der Waals surface area contributed by atoms with Crippen molar-refractivity contribution in [3.8, 4) is 0 Å². The highest BCUT2D eigenvalue weighted by Gasteiger charge is 2.32. The molecule has 8 nitrogen and oxygen atoms in total. The van der Waals surface area contributed by atoms with Crippen molar-refractivity contribution in [3.63, 3.8) is 0 Å². The molecule has 0 bridgehead atoms. The van der Waals surface area contributed by atoms with E-state index >= 15 is 0 Å². The number of hydrogen-bond acceptors (Lipinski definition) is 6. The van der Waals surface area contributed by atoms with E-state index in [1.807, 2.05) is 81.4 Å². The number of esters is 1. The van der Waals surface area contributed by atoms with Gasteiger partial charge in [0.2, 0.25) is 0 Å². The molecule has 0 unspecified atom stereocenters. The van der Waals surface area contributed by atoms with Gasteiger partial charge >= 0.3 is 12.1 Å². The SMILES string of the molecule is CC(=O)O[C@@H](C[C@@H](Cc1ccccc1)c1ncn[nH]1)[C@H](Cc1ccccc1)NC(=O)OC(C)(C)C. The molecule has 0 radical (unpaired) electrons. The van der Waals surface area contributed by atoms with Gasteiger partial charge in [0.25, 0.3) is 0 Å². The Bertz CT molecular complexity index is 1050. The van der Waals surface area contributed by atoms with Crippen LogP contribution in [0.3, 0.4) is 0 Å². The number of alkyl carbamates (subject to hydrolysis) is 1. The van der Waals surface area contributed by atoms with Gasteiger partial charge in [-0.05, 0) is 51.2 Å². The van der Waals surface area contributed by atoms with E-state index in [0.717, 1.165) is 11.1 Å². The molecule has 186 valence electrons. The van der Waals surface area contributed by atoms with Gasteiger partial charge in [0.15, 0.2) is 0 Å². The van der Waals surface area contributed by atoms with Crippen molar-refractivity contribution in [3.05, 3.63) is 83.9 Å². The number of ether oxygens (including phenoxy) is 2. The summed E-state index contributed by atoms with van der Waals surface area (Å²) in [7, 11) is 0. The molecule has 35 heavy (non-hydrogen) atoms. The standard InChI is InChI=1S/C27H34N4O4/c1-19(32)34-24(17-22(25-28-18-29-31-25)15-20-11-7-5-8-12-20)23(16-21-13-9-6-10-14-21)30-26(33)35-27(2,3)4/h5-14,18,22-24H,15-17H2,1-4H3,(H,30,33)(H,28,29,31)/t22-,23+,24+/m1/s1. The minimum absolute atomic E-state index is 0.122. The molecular weight excluding hydrogens is 444 g/mol. The van der Waals surface area contributed by atoms with Crippen LogP contribution in [-0.4, -0.2) is 45.0 Å². The van der Waals surface area contributed by atoms with E-state index in [2.05, 4.69) is 20.5 Å². The maximum Gasteiger partial charge on any atom is 0.408 e. The van der Waals surface area contributed by atoms with Crippen LogP contribution in [0.1, 0.15) is 57.0 Å². The largest absolute Gasteiger partial charge is 0.460 e. The molecule has 3 aromatic rings. The summed E-state index contributed by atoms with van der Waals surface area (Å²) in [5, 5.41) is 9.94. The molecule has 0 aliphatic carbocycles. The van der Waals surface area contributed by atoms with Gasteiger partial charge in [-0.15, -0.1) is 0 Å². The Labute approximate surface area is 206 Å². The first kappa shape index (κ1) is 25.9. The van der Waals surface area contributed by atoms with E-state index in [1.54, 1.807) is 0 Å². The van der Waals surface area contributed by atoms with Gasteiger partial charge in [-0.25, -0.2) is 9.78 Å². The molecule has 0 saturated heterocycles. The fraction of sp³-hybridized carbons (Fsp3) is 0.407. The zero-order valence-electron chi connectivity index (χ0n) is 20.7.